The van der Waals surface area contributed by atoms with Gasteiger partial charge < -0.3 is 10.2 Å². The van der Waals surface area contributed by atoms with Gasteiger partial charge in [0, 0.05) is 0 Å². The van der Waals surface area contributed by atoms with Gasteiger partial charge in [0.1, 0.15) is 0 Å². The Morgan fingerprint density at radius 2 is 1.11 bits per heavy atom. The fourth-order valence-corrected chi connectivity index (χ4v) is 1.04. The van der Waals surface area contributed by atoms with E-state index in [4.69, 9.17) is 0 Å². The molecular weight excluding hydrogens is 266 g/mol. The van der Waals surface area contributed by atoms with Crippen LogP contribution in [0.1, 0.15) is 0 Å². The molecular formula is C6HMgN3O8. The Labute approximate surface area is 113 Å². The SMILES string of the molecule is O=[N+]([O-])c1cc([N+](=O)[O-])c([O-])c([N+](=O)[O-])c1[O-].[Mg+2]. The van der Waals surface area contributed by atoms with Crippen molar-refractivity contribution in [2.75, 3.05) is 0 Å². The molecule has 0 aromatic heterocycles. The average Bonchev–Trinajstić information content (AvgIpc) is 2.15. The molecule has 0 bridgehead atoms. The molecule has 1 rings (SSSR count). The van der Waals surface area contributed by atoms with Gasteiger partial charge in [-0.15, -0.1) is 0 Å². The molecule has 0 N–H and O–H groups in total. The fourth-order valence-electron chi connectivity index (χ4n) is 1.04. The van der Waals surface area contributed by atoms with E-state index in [9.17, 15) is 40.6 Å². The van der Waals surface area contributed by atoms with Crippen LogP contribution in [0.3, 0.4) is 0 Å². The van der Waals surface area contributed by atoms with Gasteiger partial charge in [0.2, 0.25) is 0 Å². The number of nitrogens with zero attached hydrogens (tertiary/aromatic N) is 3. The molecule has 0 aliphatic carbocycles. The van der Waals surface area contributed by atoms with Gasteiger partial charge in [-0.2, -0.15) is 0 Å². The summed E-state index contributed by atoms with van der Waals surface area (Å²) < 4.78 is 0. The van der Waals surface area contributed by atoms with E-state index < -0.39 is 43.3 Å². The molecule has 18 heavy (non-hydrogen) atoms. The number of hydrogen-bond donors (Lipinski definition) is 0. The maximum Gasteiger partial charge on any atom is 2.00 e. The molecule has 0 aliphatic heterocycles. The summed E-state index contributed by atoms with van der Waals surface area (Å²) in [5.74, 6) is -3.51. The molecule has 0 fully saturated rings. The first-order valence-corrected chi connectivity index (χ1v) is 3.75. The number of benzene rings is 1. The third kappa shape index (κ3) is 2.54. The number of rotatable bonds is 3. The minimum Gasteiger partial charge on any atom is -0.863 e. The van der Waals surface area contributed by atoms with Crippen LogP contribution < -0.4 is 10.2 Å². The molecule has 12 heteroatoms. The zero-order chi connectivity index (χ0) is 13.3. The van der Waals surface area contributed by atoms with Crippen LogP contribution in [0.2, 0.25) is 0 Å². The molecule has 0 saturated carbocycles. The summed E-state index contributed by atoms with van der Waals surface area (Å²) in [4.78, 5) is 26.9. The van der Waals surface area contributed by atoms with Crippen molar-refractivity contribution in [1.82, 2.24) is 0 Å². The van der Waals surface area contributed by atoms with Crippen molar-refractivity contribution in [3.63, 3.8) is 0 Å². The first-order chi connectivity index (χ1) is 7.77. The van der Waals surface area contributed by atoms with Crippen molar-refractivity contribution in [1.29, 1.82) is 0 Å². The first kappa shape index (κ1) is 15.8. The van der Waals surface area contributed by atoms with Crippen LogP contribution in [0.25, 0.3) is 0 Å². The molecule has 1 aromatic rings. The van der Waals surface area contributed by atoms with Crippen LogP contribution in [-0.4, -0.2) is 37.8 Å². The van der Waals surface area contributed by atoms with E-state index in [2.05, 4.69) is 0 Å². The molecule has 1 aromatic carbocycles. The predicted molar refractivity (Wildman–Crippen MR) is 51.1 cm³/mol. The van der Waals surface area contributed by atoms with Gasteiger partial charge >= 0.3 is 23.1 Å². The third-order valence-corrected chi connectivity index (χ3v) is 1.74. The Morgan fingerprint density at radius 3 is 1.33 bits per heavy atom. The summed E-state index contributed by atoms with van der Waals surface area (Å²) in [7, 11) is 0. The van der Waals surface area contributed by atoms with Crippen molar-refractivity contribution < 1.29 is 25.0 Å². The summed E-state index contributed by atoms with van der Waals surface area (Å²) in [6, 6.07) is 0.109. The monoisotopic (exact) mass is 267 g/mol. The molecule has 0 amide bonds. The Bertz CT molecular complexity index is 506. The molecule has 0 radical (unpaired) electrons. The van der Waals surface area contributed by atoms with Gasteiger partial charge in [-0.25, -0.2) is 0 Å². The topological polar surface area (TPSA) is 176 Å². The van der Waals surface area contributed by atoms with Crippen LogP contribution in [0.4, 0.5) is 17.1 Å². The molecule has 0 saturated heterocycles. The summed E-state index contributed by atoms with van der Waals surface area (Å²) in [6.07, 6.45) is 0. The van der Waals surface area contributed by atoms with E-state index >= 15 is 0 Å². The van der Waals surface area contributed by atoms with Crippen LogP contribution >= 0.6 is 0 Å². The number of nitro benzene ring substituents is 3. The molecule has 0 heterocycles. The molecule has 0 atom stereocenters. The van der Waals surface area contributed by atoms with Crippen molar-refractivity contribution in [2.24, 2.45) is 0 Å². The van der Waals surface area contributed by atoms with Crippen LogP contribution in [0.5, 0.6) is 11.5 Å². The zero-order valence-electron chi connectivity index (χ0n) is 8.39. The third-order valence-electron chi connectivity index (χ3n) is 1.74. The standard InChI is InChI=1S/C6H3N3O8.Mg/c10-5-2(7(12)13)1-3(8(14)15)6(11)4(5)9(16)17;/h1,10-11H;/q;+2/p-2. The van der Waals surface area contributed by atoms with Crippen molar-refractivity contribution >= 4 is 40.1 Å². The Morgan fingerprint density at radius 1 is 0.778 bits per heavy atom. The minimum absolute atomic E-state index is 0. The van der Waals surface area contributed by atoms with E-state index in [1.54, 1.807) is 0 Å². The van der Waals surface area contributed by atoms with E-state index in [0.29, 0.717) is 0 Å². The van der Waals surface area contributed by atoms with Crippen molar-refractivity contribution in [2.45, 2.75) is 0 Å². The van der Waals surface area contributed by atoms with Gasteiger partial charge in [-0.1, -0.05) is 0 Å². The Kier molecular flexibility index (Phi) is 4.75. The normalized spacial score (nSPS) is 9.33. The Balaban J connectivity index is 0.00000289. The Hall–Kier alpha value is -2.21. The number of nitro groups is 3. The van der Waals surface area contributed by atoms with E-state index in [1.807, 2.05) is 0 Å². The van der Waals surface area contributed by atoms with Gasteiger partial charge in [0.15, 0.2) is 0 Å². The maximum atomic E-state index is 11.1. The van der Waals surface area contributed by atoms with Gasteiger partial charge in [0.05, 0.1) is 32.3 Å². The predicted octanol–water partition coefficient (Wildman–Crippen LogP) is -0.822. The van der Waals surface area contributed by atoms with Gasteiger partial charge in [0.25, 0.3) is 17.1 Å². The van der Waals surface area contributed by atoms with Crippen LogP contribution in [0.15, 0.2) is 6.07 Å². The van der Waals surface area contributed by atoms with Gasteiger partial charge in [-0.3, -0.25) is 30.3 Å². The summed E-state index contributed by atoms with van der Waals surface area (Å²) in [5, 5.41) is 53.3. The van der Waals surface area contributed by atoms with E-state index in [0.717, 1.165) is 0 Å². The fraction of sp³-hybridized carbons (Fsp3) is 0. The van der Waals surface area contributed by atoms with Crippen molar-refractivity contribution in [3.05, 3.63) is 36.4 Å². The molecule has 90 valence electrons. The molecule has 0 aliphatic rings. The van der Waals surface area contributed by atoms with Crippen LogP contribution in [0, 0.1) is 30.3 Å². The summed E-state index contributed by atoms with van der Waals surface area (Å²) >= 11 is 0. The zero-order valence-corrected chi connectivity index (χ0v) is 9.81. The van der Waals surface area contributed by atoms with Crippen LogP contribution in [-0.2, 0) is 0 Å². The smallest absolute Gasteiger partial charge is 0.863 e. The largest absolute Gasteiger partial charge is 2.00 e. The average molecular weight is 267 g/mol. The van der Waals surface area contributed by atoms with Crippen molar-refractivity contribution in [3.8, 4) is 11.5 Å². The number of hydrogen-bond acceptors (Lipinski definition) is 8. The van der Waals surface area contributed by atoms with Gasteiger partial charge in [-0.05, 0) is 0 Å². The first-order valence-electron chi connectivity index (χ1n) is 3.75. The summed E-state index contributed by atoms with van der Waals surface area (Å²) in [6.45, 7) is 0. The minimum atomic E-state index is -1.75. The molecule has 0 spiro atoms. The maximum absolute atomic E-state index is 11.1. The quantitative estimate of drug-likeness (QED) is 0.387. The molecule has 11 nitrogen and oxygen atoms in total. The van der Waals surface area contributed by atoms with E-state index in [-0.39, 0.29) is 29.1 Å². The second kappa shape index (κ2) is 5.41. The molecule has 0 unspecified atom stereocenters. The second-order valence-electron chi connectivity index (χ2n) is 2.69. The van der Waals surface area contributed by atoms with E-state index in [1.165, 1.54) is 0 Å². The summed E-state index contributed by atoms with van der Waals surface area (Å²) in [5.41, 5.74) is -4.48. The second-order valence-corrected chi connectivity index (χ2v) is 2.69.